The van der Waals surface area contributed by atoms with Gasteiger partial charge in [0.05, 0.1) is 5.92 Å². The minimum Gasteiger partial charge on any atom is -0.481 e. The lowest BCUT2D eigenvalue weighted by molar-refractivity contribution is -0.142. The summed E-state index contributed by atoms with van der Waals surface area (Å²) in [7, 11) is 3.53. The molecule has 8 heteroatoms. The van der Waals surface area contributed by atoms with E-state index in [9.17, 15) is 14.7 Å². The fourth-order valence-corrected chi connectivity index (χ4v) is 6.35. The Morgan fingerprint density at radius 1 is 1.26 bits per heavy atom. The smallest absolute Gasteiger partial charge is 0.407 e. The van der Waals surface area contributed by atoms with E-state index < -0.39 is 17.7 Å². The Labute approximate surface area is 145 Å². The van der Waals surface area contributed by atoms with E-state index in [1.807, 2.05) is 20.8 Å². The summed E-state index contributed by atoms with van der Waals surface area (Å²) in [6.45, 7) is 6.02. The third kappa shape index (κ3) is 5.46. The van der Waals surface area contributed by atoms with E-state index in [1.54, 1.807) is 21.6 Å². The monoisotopic (exact) mass is 362 g/mol. The maximum atomic E-state index is 11.8. The Kier molecular flexibility index (Phi) is 6.13. The molecule has 0 aromatic rings. The minimum absolute atomic E-state index is 0.145. The van der Waals surface area contributed by atoms with Crippen molar-refractivity contribution >= 4 is 33.7 Å². The molecule has 2 rings (SSSR count). The Hall–Kier alpha value is -0.600. The summed E-state index contributed by atoms with van der Waals surface area (Å²) >= 11 is 0. The summed E-state index contributed by atoms with van der Waals surface area (Å²) in [6.07, 6.45) is 1.49. The minimum atomic E-state index is -0.748. The molecule has 1 saturated carbocycles. The van der Waals surface area contributed by atoms with Crippen molar-refractivity contribution in [3.63, 3.8) is 0 Å². The Morgan fingerprint density at radius 3 is 2.48 bits per heavy atom. The van der Waals surface area contributed by atoms with E-state index in [-0.39, 0.29) is 17.9 Å². The first kappa shape index (κ1) is 18.7. The van der Waals surface area contributed by atoms with Gasteiger partial charge in [0.15, 0.2) is 0 Å². The van der Waals surface area contributed by atoms with E-state index in [0.717, 1.165) is 6.42 Å². The number of amides is 1. The molecule has 6 nitrogen and oxygen atoms in total. The SMILES string of the molecule is CC(C)(C)OC(=O)NCC1CC(N)CC(C(=O)O)CC2SSC12. The highest BCUT2D eigenvalue weighted by atomic mass is 33.1. The van der Waals surface area contributed by atoms with Crippen molar-refractivity contribution in [1.82, 2.24) is 5.32 Å². The van der Waals surface area contributed by atoms with Crippen molar-refractivity contribution in [3.8, 4) is 0 Å². The van der Waals surface area contributed by atoms with Crippen LogP contribution in [0.25, 0.3) is 0 Å². The maximum absolute atomic E-state index is 11.8. The molecular weight excluding hydrogens is 336 g/mol. The van der Waals surface area contributed by atoms with Gasteiger partial charge in [-0.15, -0.1) is 0 Å². The van der Waals surface area contributed by atoms with Crippen LogP contribution in [0.5, 0.6) is 0 Å². The van der Waals surface area contributed by atoms with Crippen LogP contribution in [0, 0.1) is 11.8 Å². The molecule has 23 heavy (non-hydrogen) atoms. The van der Waals surface area contributed by atoms with Crippen molar-refractivity contribution in [3.05, 3.63) is 0 Å². The van der Waals surface area contributed by atoms with E-state index in [0.29, 0.717) is 29.9 Å². The molecule has 5 unspecified atom stereocenters. The third-order valence-electron chi connectivity index (χ3n) is 4.09. The van der Waals surface area contributed by atoms with Crippen LogP contribution in [-0.4, -0.2) is 45.9 Å². The first-order valence-corrected chi connectivity index (χ1v) is 10.2. The number of nitrogens with two attached hydrogens (primary N) is 1. The number of carboxylic acids is 1. The molecule has 1 heterocycles. The van der Waals surface area contributed by atoms with Gasteiger partial charge in [-0.25, -0.2) is 4.79 Å². The number of carbonyl (C=O) groups is 2. The summed E-state index contributed by atoms with van der Waals surface area (Å²) in [6, 6.07) is -0.145. The average molecular weight is 363 g/mol. The lowest BCUT2D eigenvalue weighted by Crippen LogP contribution is -2.48. The van der Waals surface area contributed by atoms with Crippen LogP contribution >= 0.6 is 21.6 Å². The van der Waals surface area contributed by atoms with Crippen LogP contribution in [0.3, 0.4) is 0 Å². The lowest BCUT2D eigenvalue weighted by Gasteiger charge is -2.44. The molecule has 132 valence electrons. The number of carbonyl (C=O) groups excluding carboxylic acids is 1. The number of nitrogens with one attached hydrogen (secondary N) is 1. The molecule has 4 N–H and O–H groups in total. The van der Waals surface area contributed by atoms with E-state index >= 15 is 0 Å². The molecule has 0 aromatic heterocycles. The highest BCUT2D eigenvalue weighted by molar-refractivity contribution is 8.80. The molecule has 1 amide bonds. The second kappa shape index (κ2) is 7.53. The second-order valence-electron chi connectivity index (χ2n) is 7.34. The number of rotatable bonds is 3. The molecule has 1 aliphatic heterocycles. The van der Waals surface area contributed by atoms with Crippen LogP contribution in [0.2, 0.25) is 0 Å². The van der Waals surface area contributed by atoms with Gasteiger partial charge < -0.3 is 20.9 Å². The first-order valence-electron chi connectivity index (χ1n) is 7.93. The first-order chi connectivity index (χ1) is 10.7. The molecule has 1 saturated heterocycles. The predicted molar refractivity (Wildman–Crippen MR) is 93.4 cm³/mol. The fraction of sp³-hybridized carbons (Fsp3) is 0.867. The molecule has 0 bridgehead atoms. The van der Waals surface area contributed by atoms with E-state index in [1.165, 1.54) is 0 Å². The van der Waals surface area contributed by atoms with E-state index in [2.05, 4.69) is 5.32 Å². The van der Waals surface area contributed by atoms with Gasteiger partial charge in [-0.2, -0.15) is 0 Å². The van der Waals surface area contributed by atoms with Gasteiger partial charge in [0.2, 0.25) is 0 Å². The van der Waals surface area contributed by atoms with Crippen molar-refractivity contribution in [1.29, 1.82) is 0 Å². The number of aliphatic carboxylic acids is 1. The quantitative estimate of drug-likeness (QED) is 0.663. The van der Waals surface area contributed by atoms with Gasteiger partial charge in [-0.05, 0) is 46.0 Å². The van der Waals surface area contributed by atoms with Crippen molar-refractivity contribution in [2.45, 2.75) is 62.2 Å². The van der Waals surface area contributed by atoms with Crippen molar-refractivity contribution in [2.24, 2.45) is 17.6 Å². The van der Waals surface area contributed by atoms with Crippen LogP contribution in [0.15, 0.2) is 0 Å². The summed E-state index contributed by atoms with van der Waals surface area (Å²) in [5.41, 5.74) is 5.63. The van der Waals surface area contributed by atoms with Gasteiger partial charge in [-0.1, -0.05) is 21.6 Å². The third-order valence-corrected chi connectivity index (χ3v) is 7.78. The number of hydrogen-bond acceptors (Lipinski definition) is 6. The van der Waals surface area contributed by atoms with Gasteiger partial charge in [-0.3, -0.25) is 4.79 Å². The highest BCUT2D eigenvalue weighted by Crippen LogP contribution is 2.55. The van der Waals surface area contributed by atoms with Gasteiger partial charge in [0.25, 0.3) is 0 Å². The van der Waals surface area contributed by atoms with Crippen LogP contribution < -0.4 is 11.1 Å². The summed E-state index contributed by atoms with van der Waals surface area (Å²) in [5, 5.41) is 12.8. The molecule has 0 spiro atoms. The van der Waals surface area contributed by atoms with Crippen LogP contribution in [0.1, 0.15) is 40.0 Å². The number of carboxylic acid groups (broad SMARTS) is 1. The molecule has 0 aromatic carbocycles. The summed E-state index contributed by atoms with van der Waals surface area (Å²) < 4.78 is 5.27. The maximum Gasteiger partial charge on any atom is 0.407 e. The molecule has 2 fully saturated rings. The molecular formula is C15H26N2O4S2. The summed E-state index contributed by atoms with van der Waals surface area (Å²) in [5.74, 6) is -0.851. The van der Waals surface area contributed by atoms with E-state index in [4.69, 9.17) is 10.5 Å². The standard InChI is InChI=1S/C15H26N2O4S2/c1-15(2,3)21-14(20)17-7-9-5-10(16)4-8(13(18)19)6-11-12(9)23-22-11/h8-12H,4-7,16H2,1-3H3,(H,17,20)(H,18,19). The predicted octanol–water partition coefficient (Wildman–Crippen LogP) is 2.47. The highest BCUT2D eigenvalue weighted by Gasteiger charge is 2.44. The zero-order valence-electron chi connectivity index (χ0n) is 13.8. The number of alkyl carbamates (subject to hydrolysis) is 1. The van der Waals surface area contributed by atoms with Crippen molar-refractivity contribution in [2.75, 3.05) is 6.54 Å². The number of hydrogen-bond donors (Lipinski definition) is 3. The summed E-state index contributed by atoms with van der Waals surface area (Å²) in [4.78, 5) is 23.2. The zero-order valence-corrected chi connectivity index (χ0v) is 15.4. The Balaban J connectivity index is 1.92. The second-order valence-corrected chi connectivity index (χ2v) is 10.0. The van der Waals surface area contributed by atoms with Gasteiger partial charge >= 0.3 is 12.1 Å². The number of fused-ring (bicyclic) bond motifs is 1. The van der Waals surface area contributed by atoms with Crippen molar-refractivity contribution < 1.29 is 19.4 Å². The average Bonchev–Trinajstić information content (AvgIpc) is 2.35. The fourth-order valence-electron chi connectivity index (χ4n) is 3.04. The largest absolute Gasteiger partial charge is 0.481 e. The molecule has 2 aliphatic rings. The molecule has 1 aliphatic carbocycles. The normalized spacial score (nSPS) is 34.3. The van der Waals surface area contributed by atoms with Crippen LogP contribution in [0.4, 0.5) is 4.79 Å². The zero-order chi connectivity index (χ0) is 17.2. The van der Waals surface area contributed by atoms with Gasteiger partial charge in [0.1, 0.15) is 5.60 Å². The topological polar surface area (TPSA) is 102 Å². The van der Waals surface area contributed by atoms with Gasteiger partial charge in [0, 0.05) is 23.1 Å². The Bertz CT molecular complexity index is 455. The lowest BCUT2D eigenvalue weighted by atomic mass is 9.82. The molecule has 0 radical (unpaired) electrons. The van der Waals surface area contributed by atoms with Crippen LogP contribution in [-0.2, 0) is 9.53 Å². The molecule has 5 atom stereocenters. The Morgan fingerprint density at radius 2 is 1.96 bits per heavy atom. The number of ether oxygens (including phenoxy) is 1.